The van der Waals surface area contributed by atoms with Crippen LogP contribution in [0.2, 0.25) is 0 Å². The molecule has 30 heteroatoms. The van der Waals surface area contributed by atoms with Crippen molar-refractivity contribution in [1.29, 1.82) is 0 Å². The molecule has 0 unspecified atom stereocenters. The van der Waals surface area contributed by atoms with Crippen LogP contribution in [0.4, 0.5) is 0 Å². The van der Waals surface area contributed by atoms with Gasteiger partial charge in [-0.2, -0.15) is 0 Å². The van der Waals surface area contributed by atoms with Crippen LogP contribution in [0, 0.1) is 20.8 Å². The summed E-state index contributed by atoms with van der Waals surface area (Å²) >= 11 is 0. The van der Waals surface area contributed by atoms with E-state index in [1.54, 1.807) is 123 Å². The second kappa shape index (κ2) is 46.3. The number of aromatic nitrogens is 9. The second-order valence-corrected chi connectivity index (χ2v) is 36.7. The molecule has 10 aromatic heterocycles. The lowest BCUT2D eigenvalue weighted by Gasteiger charge is -2.29. The Morgan fingerprint density at radius 2 is 0.660 bits per heavy atom. The van der Waals surface area contributed by atoms with Gasteiger partial charge in [0.2, 0.25) is 0 Å². The van der Waals surface area contributed by atoms with Gasteiger partial charge in [-0.15, -0.1) is 0 Å². The Morgan fingerprint density at radius 1 is 0.312 bits per heavy atom. The Kier molecular flexibility index (Phi) is 32.8. The number of methoxy groups -OCH3 is 10. The van der Waals surface area contributed by atoms with Crippen LogP contribution in [-0.4, -0.2) is 237 Å². The fourth-order valence-corrected chi connectivity index (χ4v) is 19.1. The van der Waals surface area contributed by atoms with E-state index in [1.807, 2.05) is 161 Å². The highest BCUT2D eigenvalue weighted by molar-refractivity contribution is 5.77. The van der Waals surface area contributed by atoms with Crippen LogP contribution < -0.4 is 80.5 Å². The molecule has 2 N–H and O–H groups in total. The number of nitrogens with one attached hydrogen (secondary N) is 1. The van der Waals surface area contributed by atoms with Crippen molar-refractivity contribution >= 4 is 44.8 Å². The molecule has 20 rings (SSSR count). The van der Waals surface area contributed by atoms with E-state index in [0.717, 1.165) is 183 Å². The maximum absolute atomic E-state index is 12.9. The lowest BCUT2D eigenvalue weighted by Crippen LogP contribution is -2.31. The van der Waals surface area contributed by atoms with Crippen molar-refractivity contribution in [3.63, 3.8) is 0 Å². The van der Waals surface area contributed by atoms with Gasteiger partial charge in [-0.05, 0) is 312 Å². The van der Waals surface area contributed by atoms with Crippen LogP contribution in [0.5, 0.6) is 57.5 Å². The second-order valence-electron chi connectivity index (χ2n) is 36.7. The molecule has 2 fully saturated rings. The van der Waals surface area contributed by atoms with Crippen LogP contribution >= 0.6 is 0 Å². The molecule has 2 saturated heterocycles. The van der Waals surface area contributed by atoms with Gasteiger partial charge in [-0.3, -0.25) is 50.9 Å². The molecule has 748 valence electrons. The molecular weight excluding hydrogens is 1820 g/mol. The number of aryl methyl sites for hydroxylation is 3. The lowest BCUT2D eigenvalue weighted by molar-refractivity contribution is 0.208. The van der Waals surface area contributed by atoms with Crippen molar-refractivity contribution in [2.45, 2.75) is 77.6 Å². The number of aliphatic hydroxyl groups excluding tert-OH is 1. The Bertz CT molecular complexity index is 7680. The Hall–Kier alpha value is -15.1. The topological polar surface area (TPSA) is 296 Å². The first-order chi connectivity index (χ1) is 69.8. The van der Waals surface area contributed by atoms with E-state index in [-0.39, 0.29) is 34.4 Å². The molecule has 0 saturated carbocycles. The van der Waals surface area contributed by atoms with Crippen molar-refractivity contribution < 1.29 is 52.5 Å². The van der Waals surface area contributed by atoms with E-state index in [9.17, 15) is 24.0 Å². The van der Waals surface area contributed by atoms with Crippen LogP contribution in [-0.2, 0) is 0 Å². The van der Waals surface area contributed by atoms with E-state index in [2.05, 4.69) is 93.5 Å². The summed E-state index contributed by atoms with van der Waals surface area (Å²) in [4.78, 5) is 92.6. The summed E-state index contributed by atoms with van der Waals surface area (Å²) in [5.41, 5.74) is 23.0. The zero-order chi connectivity index (χ0) is 102. The van der Waals surface area contributed by atoms with Crippen LogP contribution in [0.3, 0.4) is 0 Å². The summed E-state index contributed by atoms with van der Waals surface area (Å²) in [7, 11) is 22.3. The molecule has 30 nitrogen and oxygen atoms in total. The first-order valence-corrected chi connectivity index (χ1v) is 48.4. The molecule has 0 spiro atoms. The molecule has 0 aliphatic carbocycles. The van der Waals surface area contributed by atoms with Gasteiger partial charge in [0.25, 0.3) is 27.8 Å². The largest absolute Gasteiger partial charge is 0.493 e. The number of ether oxygens (including phenoxy) is 10. The van der Waals surface area contributed by atoms with E-state index in [4.69, 9.17) is 67.4 Å². The van der Waals surface area contributed by atoms with Gasteiger partial charge < -0.3 is 72.5 Å². The normalized spacial score (nSPS) is 14.9. The maximum Gasteiger partial charge on any atom is 0.258 e. The fraction of sp³-hybridized carbons (Fsp3) is 0.325. The SMILES string of the molecule is COc1ccc(-c2cc(=O)n3cc(C4=CCN(C)CC4)cc(C)c3n2)cc1OC.COc1ccc(-c2cc(=O)n3cc(C4=CCN(C)CC4)ccc3c2)cc1OC.COc1ccc(-c2cc(=O)n3cc(C4=CCN(CCO)CC4)ccc3n2)cc1OC.COc1ccc(-c2cc(=O)n3cc(C4CCN(C)CC4)cc(C)c3n2)cc1OC.COc1ccc(-c2cc(=O)n3cc(C4CCNCC4)cc(C)c3n2)cc1OC. The van der Waals surface area contributed by atoms with Gasteiger partial charge in [-0.1, -0.05) is 42.5 Å². The van der Waals surface area contributed by atoms with Gasteiger partial charge in [0.1, 0.15) is 22.6 Å². The summed E-state index contributed by atoms with van der Waals surface area (Å²) in [5, 5.41) is 12.5. The molecule has 5 aliphatic rings. The van der Waals surface area contributed by atoms with E-state index < -0.39 is 0 Å². The maximum atomic E-state index is 12.9. The smallest absolute Gasteiger partial charge is 0.258 e. The zero-order valence-corrected chi connectivity index (χ0v) is 84.8. The standard InChI is InChI=1S/C23H25N3O4.C23H27N3O3.C23H25N3O3.C23H24N2O3.C22H25N3O3/c1-29-20-5-3-17(13-21(20)30-2)19-14-23(28)26-15-18(4-6-22(26)24-19)16-7-9-25(10-8-16)11-12-27;2*1-15-11-18(16-7-9-25(2)10-8-16)14-26-22(27)13-19(24-23(15)26)17-5-6-20(28-3)21(12-17)29-4;1-24-10-8-16(9-11-24)18-4-6-20-12-19(14-23(26)25(20)15-18)17-5-7-21(27-2)22(13-17)28-3;1-14-10-17(15-6-8-23-9-7-15)13-25-21(26)12-18(24-22(14)25)16-4-5-19(27-2)20(11-16)28-3/h3-7,13-15,27H,8-12H2,1-2H3;5-6,11-14,16H,7-10H2,1-4H3;5-7,11-14H,8-10H2,1-4H3;4-8,12-15H,9-11H2,1-3H3;4-5,10-13,15,23H,6-9H2,1-3H3. The third-order valence-corrected chi connectivity index (χ3v) is 27.4. The molecule has 15 aromatic rings. The van der Waals surface area contributed by atoms with Crippen molar-refractivity contribution in [1.82, 2.24) is 66.9 Å². The molecule has 5 aromatic carbocycles. The number of hydrogen-bond acceptors (Lipinski definition) is 25. The Morgan fingerprint density at radius 3 is 1.07 bits per heavy atom. The number of aliphatic hydroxyl groups is 1. The van der Waals surface area contributed by atoms with Crippen molar-refractivity contribution in [3.05, 3.63) is 315 Å². The summed E-state index contributed by atoms with van der Waals surface area (Å²) in [6.45, 7) is 16.8. The van der Waals surface area contributed by atoms with Crippen molar-refractivity contribution in [2.24, 2.45) is 0 Å². The predicted molar refractivity (Wildman–Crippen MR) is 567 cm³/mol. The summed E-state index contributed by atoms with van der Waals surface area (Å²) in [5.74, 6) is 7.27. The Labute approximate surface area is 836 Å². The number of β-amino-alcohol motifs (C(OH)–C–C–N with tert-alkyl or cyclic N) is 1. The third-order valence-electron chi connectivity index (χ3n) is 27.4. The minimum absolute atomic E-state index is 0.0438. The average molecular weight is 1950 g/mol. The van der Waals surface area contributed by atoms with Crippen LogP contribution in [0.15, 0.2) is 243 Å². The number of rotatable bonds is 22. The highest BCUT2D eigenvalue weighted by Gasteiger charge is 2.26. The number of nitrogens with zero attached hydrogens (tertiary/aromatic N) is 13. The quantitative estimate of drug-likeness (QED) is 0.0637. The van der Waals surface area contributed by atoms with E-state index >= 15 is 0 Å². The van der Waals surface area contributed by atoms with Crippen molar-refractivity contribution in [2.75, 3.05) is 171 Å². The molecule has 144 heavy (non-hydrogen) atoms. The Balaban J connectivity index is 0.000000129. The van der Waals surface area contributed by atoms with Gasteiger partial charge in [0.15, 0.2) is 57.5 Å². The highest BCUT2D eigenvalue weighted by atomic mass is 16.5. The number of likely N-dealkylation sites (tertiary alicyclic amines) is 1. The number of hydrogen-bond donors (Lipinski definition) is 2. The van der Waals surface area contributed by atoms with Gasteiger partial charge in [0, 0.05) is 135 Å². The van der Waals surface area contributed by atoms with E-state index in [0.29, 0.717) is 121 Å². The van der Waals surface area contributed by atoms with Gasteiger partial charge >= 0.3 is 0 Å². The van der Waals surface area contributed by atoms with Crippen molar-refractivity contribution in [3.8, 4) is 114 Å². The molecule has 0 amide bonds. The van der Waals surface area contributed by atoms with Gasteiger partial charge in [0.05, 0.1) is 100 Å². The number of piperidine rings is 2. The summed E-state index contributed by atoms with van der Waals surface area (Å²) in [6.07, 6.45) is 23.6. The third kappa shape index (κ3) is 23.1. The van der Waals surface area contributed by atoms with E-state index in [1.165, 1.54) is 33.9 Å². The summed E-state index contributed by atoms with van der Waals surface area (Å²) < 4.78 is 61.7. The first-order valence-electron chi connectivity index (χ1n) is 48.4. The molecule has 0 radical (unpaired) electrons. The minimum atomic E-state index is -0.134. The average Bonchev–Trinajstić information content (AvgIpc) is 0.898. The van der Waals surface area contributed by atoms with Gasteiger partial charge in [-0.25, -0.2) is 19.9 Å². The monoisotopic (exact) mass is 1950 g/mol. The molecule has 0 bridgehead atoms. The molecule has 5 aliphatic heterocycles. The predicted octanol–water partition coefficient (Wildman–Crippen LogP) is 16.2. The molecule has 15 heterocycles. The number of likely N-dealkylation sites (N-methyl/N-ethyl adjacent to an activating group) is 2. The minimum Gasteiger partial charge on any atom is -0.493 e. The molecule has 0 atom stereocenters. The number of pyridine rings is 6. The zero-order valence-electron chi connectivity index (χ0n) is 84.8. The van der Waals surface area contributed by atoms with Crippen LogP contribution in [0.25, 0.3) is 101 Å². The first kappa shape index (κ1) is 102. The number of benzene rings is 5. The number of fused-ring (bicyclic) bond motifs is 5. The molecular formula is C114H126N14O16. The fourth-order valence-electron chi connectivity index (χ4n) is 19.1. The lowest BCUT2D eigenvalue weighted by atomic mass is 9.90. The highest BCUT2D eigenvalue weighted by Crippen LogP contribution is 2.40. The van der Waals surface area contributed by atoms with Crippen LogP contribution in [0.1, 0.15) is 101 Å². The summed E-state index contributed by atoms with van der Waals surface area (Å²) in [6, 6.07) is 52.3.